The molecule has 0 aliphatic heterocycles. The minimum atomic E-state index is -4.72. The molecule has 11 heteroatoms. The largest absolute Gasteiger partial charge is 0.420 e. The molecule has 2 N–H and O–H groups in total. The Hall–Kier alpha value is -2.79. The molecule has 1 aliphatic rings. The van der Waals surface area contributed by atoms with E-state index in [1.165, 1.54) is 12.1 Å². The van der Waals surface area contributed by atoms with Crippen molar-refractivity contribution in [2.45, 2.75) is 36.8 Å². The van der Waals surface area contributed by atoms with E-state index >= 15 is 0 Å². The molecule has 3 aromatic rings. The number of sulfonamides is 1. The van der Waals surface area contributed by atoms with E-state index in [1.807, 2.05) is 13.8 Å². The van der Waals surface area contributed by atoms with Gasteiger partial charge in [0.25, 0.3) is 0 Å². The molecular formula is C20H17F4N3O3S. The summed E-state index contributed by atoms with van der Waals surface area (Å²) in [6.45, 7) is 3.84. The van der Waals surface area contributed by atoms with Crippen molar-refractivity contribution in [2.24, 2.45) is 10.6 Å². The fraction of sp³-hybridized carbons (Fsp3) is 0.300. The zero-order valence-electron chi connectivity index (χ0n) is 16.3. The molecule has 0 bridgehead atoms. The molecule has 0 saturated heterocycles. The topological polar surface area (TPSA) is 99.1 Å². The molecule has 4 rings (SSSR count). The molecule has 164 valence electrons. The number of primary sulfonamides is 1. The van der Waals surface area contributed by atoms with Crippen molar-refractivity contribution in [2.75, 3.05) is 0 Å². The highest BCUT2D eigenvalue weighted by atomic mass is 32.2. The summed E-state index contributed by atoms with van der Waals surface area (Å²) in [7, 11) is -3.83. The quantitative estimate of drug-likeness (QED) is 0.586. The molecule has 31 heavy (non-hydrogen) atoms. The average molecular weight is 455 g/mol. The van der Waals surface area contributed by atoms with E-state index in [1.54, 1.807) is 12.1 Å². The van der Waals surface area contributed by atoms with Gasteiger partial charge in [0.2, 0.25) is 21.8 Å². The van der Waals surface area contributed by atoms with Crippen LogP contribution in [0.3, 0.4) is 0 Å². The summed E-state index contributed by atoms with van der Waals surface area (Å²) in [5.41, 5.74) is -1.18. The van der Waals surface area contributed by atoms with Gasteiger partial charge in [-0.15, -0.1) is 10.2 Å². The first-order valence-corrected chi connectivity index (χ1v) is 10.7. The molecule has 1 fully saturated rings. The number of rotatable bonds is 4. The number of nitrogens with zero attached hydrogens (tertiary/aromatic N) is 2. The maximum Gasteiger partial charge on any atom is 0.417 e. The summed E-state index contributed by atoms with van der Waals surface area (Å²) in [5, 5.41) is 12.8. The molecule has 1 aromatic heterocycles. The van der Waals surface area contributed by atoms with E-state index in [9.17, 15) is 26.0 Å². The standard InChI is InChI=1S/C20H17F4N3O3S/c1-19(2)15(10-3-6-12(7-4-10)31(25,28)29)16(19)18-27-26-17(30-18)13-9-11(21)5-8-14(13)20(22,23)24/h3-9,15-16H,1-2H3,(H2,25,28,29)/t15-,16+/m1/s1. The van der Waals surface area contributed by atoms with Gasteiger partial charge in [-0.3, -0.25) is 0 Å². The Labute approximate surface area is 175 Å². The van der Waals surface area contributed by atoms with Crippen LogP contribution in [0.1, 0.15) is 42.7 Å². The Morgan fingerprint density at radius 2 is 1.68 bits per heavy atom. The zero-order chi connectivity index (χ0) is 22.8. The van der Waals surface area contributed by atoms with Crippen LogP contribution >= 0.6 is 0 Å². The molecule has 2 atom stereocenters. The molecule has 0 amide bonds. The van der Waals surface area contributed by atoms with E-state index in [0.29, 0.717) is 12.1 Å². The van der Waals surface area contributed by atoms with Crippen LogP contribution in [0.2, 0.25) is 0 Å². The van der Waals surface area contributed by atoms with Gasteiger partial charge in [0.05, 0.1) is 21.9 Å². The summed E-state index contributed by atoms with van der Waals surface area (Å²) >= 11 is 0. The first-order chi connectivity index (χ1) is 14.3. The highest BCUT2D eigenvalue weighted by molar-refractivity contribution is 7.89. The number of hydrogen-bond donors (Lipinski definition) is 1. The molecule has 0 radical (unpaired) electrons. The predicted molar refractivity (Wildman–Crippen MR) is 102 cm³/mol. The minimum absolute atomic E-state index is 0.0304. The lowest BCUT2D eigenvalue weighted by molar-refractivity contribution is -0.137. The van der Waals surface area contributed by atoms with Crippen LogP contribution in [0.15, 0.2) is 51.8 Å². The molecule has 1 aliphatic carbocycles. The third-order valence-electron chi connectivity index (χ3n) is 5.62. The fourth-order valence-electron chi connectivity index (χ4n) is 4.00. The second-order valence-corrected chi connectivity index (χ2v) is 9.59. The van der Waals surface area contributed by atoms with Gasteiger partial charge in [-0.2, -0.15) is 13.2 Å². The summed E-state index contributed by atoms with van der Waals surface area (Å²) in [6, 6.07) is 8.08. The van der Waals surface area contributed by atoms with Gasteiger partial charge in [-0.1, -0.05) is 26.0 Å². The van der Waals surface area contributed by atoms with E-state index in [2.05, 4.69) is 10.2 Å². The number of aromatic nitrogens is 2. The van der Waals surface area contributed by atoms with Crippen molar-refractivity contribution in [3.8, 4) is 11.5 Å². The summed E-state index contributed by atoms with van der Waals surface area (Å²) in [5.74, 6) is -1.60. The fourth-order valence-corrected chi connectivity index (χ4v) is 4.51. The predicted octanol–water partition coefficient (Wildman–Crippen LogP) is 4.45. The average Bonchev–Trinajstić information content (AvgIpc) is 3.00. The molecule has 1 heterocycles. The molecule has 2 aromatic carbocycles. The monoisotopic (exact) mass is 455 g/mol. The lowest BCUT2D eigenvalue weighted by Crippen LogP contribution is -2.11. The van der Waals surface area contributed by atoms with Crippen molar-refractivity contribution in [3.63, 3.8) is 0 Å². The highest BCUT2D eigenvalue weighted by Gasteiger charge is 2.61. The SMILES string of the molecule is CC1(C)[C@H](c2ccc(S(N)(=O)=O)cc2)[C@H]1c1nnc(-c2cc(F)ccc2C(F)(F)F)o1. The zero-order valence-corrected chi connectivity index (χ0v) is 17.1. The van der Waals surface area contributed by atoms with Crippen LogP contribution in [-0.2, 0) is 16.2 Å². The summed E-state index contributed by atoms with van der Waals surface area (Å²) in [4.78, 5) is -0.0304. The Kier molecular flexibility index (Phi) is 4.74. The van der Waals surface area contributed by atoms with Gasteiger partial charge in [0.1, 0.15) is 5.82 Å². The minimum Gasteiger partial charge on any atom is -0.420 e. The van der Waals surface area contributed by atoms with E-state index in [4.69, 9.17) is 9.56 Å². The molecule has 0 unspecified atom stereocenters. The smallest absolute Gasteiger partial charge is 0.417 e. The van der Waals surface area contributed by atoms with Crippen molar-refractivity contribution in [3.05, 3.63) is 65.3 Å². The third kappa shape index (κ3) is 3.83. The van der Waals surface area contributed by atoms with Gasteiger partial charge in [0.15, 0.2) is 0 Å². The van der Waals surface area contributed by atoms with Crippen molar-refractivity contribution >= 4 is 10.0 Å². The molecule has 1 saturated carbocycles. The van der Waals surface area contributed by atoms with Crippen molar-refractivity contribution in [1.82, 2.24) is 10.2 Å². The first-order valence-electron chi connectivity index (χ1n) is 9.13. The van der Waals surface area contributed by atoms with Gasteiger partial charge >= 0.3 is 6.18 Å². The lowest BCUT2D eigenvalue weighted by atomic mass is 10.0. The maximum absolute atomic E-state index is 13.6. The Morgan fingerprint density at radius 1 is 1.03 bits per heavy atom. The van der Waals surface area contributed by atoms with Crippen molar-refractivity contribution < 1.29 is 30.4 Å². The van der Waals surface area contributed by atoms with Gasteiger partial charge < -0.3 is 4.42 Å². The van der Waals surface area contributed by atoms with Crippen molar-refractivity contribution in [1.29, 1.82) is 0 Å². The number of nitrogens with two attached hydrogens (primary N) is 1. The second-order valence-electron chi connectivity index (χ2n) is 8.02. The molecule has 0 spiro atoms. The first kappa shape index (κ1) is 21.4. The van der Waals surface area contributed by atoms with Gasteiger partial charge in [0, 0.05) is 5.92 Å². The molecular weight excluding hydrogens is 438 g/mol. The summed E-state index contributed by atoms with van der Waals surface area (Å²) in [6.07, 6.45) is -4.72. The Morgan fingerprint density at radius 3 is 2.26 bits per heavy atom. The number of alkyl halides is 3. The van der Waals surface area contributed by atoms with Crippen LogP contribution in [0.25, 0.3) is 11.5 Å². The summed E-state index contributed by atoms with van der Waals surface area (Å²) < 4.78 is 81.9. The normalized spacial score (nSPS) is 20.6. The lowest BCUT2D eigenvalue weighted by Gasteiger charge is -2.10. The van der Waals surface area contributed by atoms with Crippen LogP contribution < -0.4 is 5.14 Å². The number of halogens is 4. The van der Waals surface area contributed by atoms with Gasteiger partial charge in [-0.05, 0) is 41.3 Å². The number of benzene rings is 2. The van der Waals surface area contributed by atoms with Crippen LogP contribution in [0.5, 0.6) is 0 Å². The van der Waals surface area contributed by atoms with Gasteiger partial charge in [-0.25, -0.2) is 17.9 Å². The van der Waals surface area contributed by atoms with Crippen LogP contribution in [-0.4, -0.2) is 18.6 Å². The van der Waals surface area contributed by atoms with E-state index in [0.717, 1.165) is 11.6 Å². The molecule has 6 nitrogen and oxygen atoms in total. The Balaban J connectivity index is 1.67. The maximum atomic E-state index is 13.6. The second kappa shape index (κ2) is 6.86. The highest BCUT2D eigenvalue weighted by Crippen LogP contribution is 2.69. The van der Waals surface area contributed by atoms with Crippen LogP contribution in [0.4, 0.5) is 17.6 Å². The van der Waals surface area contributed by atoms with E-state index in [-0.39, 0.29) is 28.0 Å². The number of hydrogen-bond acceptors (Lipinski definition) is 5. The Bertz CT molecular complexity index is 1250. The van der Waals surface area contributed by atoms with E-state index < -0.39 is 39.0 Å². The van der Waals surface area contributed by atoms with Crippen LogP contribution in [0, 0.1) is 11.2 Å². The third-order valence-corrected chi connectivity index (χ3v) is 6.55.